The molecule has 0 saturated heterocycles. The van der Waals surface area contributed by atoms with Crippen molar-refractivity contribution < 1.29 is 4.79 Å². The number of amides is 1. The molecule has 6 nitrogen and oxygen atoms in total. The van der Waals surface area contributed by atoms with E-state index in [1.165, 1.54) is 6.33 Å². The largest absolute Gasteiger partial charge is 0.368 e. The molecule has 3 N–H and O–H groups in total. The van der Waals surface area contributed by atoms with E-state index < -0.39 is 11.9 Å². The van der Waals surface area contributed by atoms with Crippen LogP contribution in [0.4, 0.5) is 5.82 Å². The van der Waals surface area contributed by atoms with Crippen LogP contribution in [0.3, 0.4) is 0 Å². The summed E-state index contributed by atoms with van der Waals surface area (Å²) in [6.07, 6.45) is 1.47. The van der Waals surface area contributed by atoms with Gasteiger partial charge in [-0.3, -0.25) is 4.79 Å². The molecule has 1 unspecified atom stereocenters. The number of nitrogens with one attached hydrogen (secondary N) is 1. The number of aromatic nitrogens is 3. The number of hydrogen-bond donors (Lipinski definition) is 2. The molecule has 0 aliphatic heterocycles. The Kier molecular flexibility index (Phi) is 2.47. The Morgan fingerprint density at radius 2 is 2.31 bits per heavy atom. The number of carbonyl (C=O) groups excluding carboxylic acids is 1. The summed E-state index contributed by atoms with van der Waals surface area (Å²) in [6, 6.07) is 3.35. The average molecular weight is 219 g/mol. The summed E-state index contributed by atoms with van der Waals surface area (Å²) in [5, 5.41) is 7.06. The molecule has 6 heteroatoms. The van der Waals surface area contributed by atoms with Crippen LogP contribution in [0.1, 0.15) is 12.5 Å². The average Bonchev–Trinajstić information content (AvgIpc) is 2.65. The summed E-state index contributed by atoms with van der Waals surface area (Å²) >= 11 is 0. The topological polar surface area (TPSA) is 85.3 Å². The fourth-order valence-corrected chi connectivity index (χ4v) is 1.45. The second kappa shape index (κ2) is 3.80. The zero-order chi connectivity index (χ0) is 11.7. The first kappa shape index (κ1) is 10.4. The molecule has 0 fully saturated rings. The van der Waals surface area contributed by atoms with Gasteiger partial charge in [-0.05, 0) is 31.5 Å². The minimum atomic E-state index is -0.450. The van der Waals surface area contributed by atoms with Gasteiger partial charge in [-0.15, -0.1) is 0 Å². The molecule has 1 amide bonds. The number of nitrogens with zero attached hydrogens (tertiary/aromatic N) is 3. The summed E-state index contributed by atoms with van der Waals surface area (Å²) in [5.74, 6) is 0.300. The van der Waals surface area contributed by atoms with Gasteiger partial charge in [0.15, 0.2) is 5.65 Å². The van der Waals surface area contributed by atoms with E-state index >= 15 is 0 Å². The first-order valence-electron chi connectivity index (χ1n) is 4.94. The molecule has 84 valence electrons. The number of aryl methyl sites for hydroxylation is 1. The van der Waals surface area contributed by atoms with Gasteiger partial charge in [0.25, 0.3) is 0 Å². The molecule has 2 rings (SSSR count). The maximum atomic E-state index is 11.0. The molecule has 0 aromatic carbocycles. The number of primary amides is 1. The van der Waals surface area contributed by atoms with Crippen molar-refractivity contribution in [1.29, 1.82) is 0 Å². The van der Waals surface area contributed by atoms with Crippen LogP contribution in [0.15, 0.2) is 18.5 Å². The molecular weight excluding hydrogens is 206 g/mol. The van der Waals surface area contributed by atoms with Crippen molar-refractivity contribution in [3.8, 4) is 0 Å². The van der Waals surface area contributed by atoms with Crippen molar-refractivity contribution >= 4 is 17.4 Å². The monoisotopic (exact) mass is 219 g/mol. The molecule has 0 spiro atoms. The van der Waals surface area contributed by atoms with Crippen molar-refractivity contribution in [3.05, 3.63) is 24.0 Å². The number of fused-ring (bicyclic) bond motifs is 1. The zero-order valence-electron chi connectivity index (χ0n) is 9.14. The maximum Gasteiger partial charge on any atom is 0.239 e. The van der Waals surface area contributed by atoms with Crippen LogP contribution >= 0.6 is 0 Å². The highest BCUT2D eigenvalue weighted by Gasteiger charge is 2.11. The van der Waals surface area contributed by atoms with Crippen molar-refractivity contribution in [2.75, 3.05) is 5.32 Å². The van der Waals surface area contributed by atoms with Crippen LogP contribution in [0.5, 0.6) is 0 Å². The van der Waals surface area contributed by atoms with Gasteiger partial charge in [-0.25, -0.2) is 4.98 Å². The first-order chi connectivity index (χ1) is 7.58. The summed E-state index contributed by atoms with van der Waals surface area (Å²) in [7, 11) is 0. The highest BCUT2D eigenvalue weighted by atomic mass is 16.1. The normalized spacial score (nSPS) is 12.6. The molecule has 0 bridgehead atoms. The van der Waals surface area contributed by atoms with E-state index in [0.29, 0.717) is 5.82 Å². The molecule has 0 radical (unpaired) electrons. The van der Waals surface area contributed by atoms with Crippen LogP contribution < -0.4 is 11.1 Å². The summed E-state index contributed by atoms with van der Waals surface area (Å²) in [5.41, 5.74) is 6.97. The Hall–Kier alpha value is -2.11. The van der Waals surface area contributed by atoms with Gasteiger partial charge in [0.05, 0.1) is 0 Å². The molecular formula is C10H13N5O. The molecule has 2 heterocycles. The Morgan fingerprint density at radius 1 is 1.56 bits per heavy atom. The molecule has 1 atom stereocenters. The summed E-state index contributed by atoms with van der Waals surface area (Å²) in [4.78, 5) is 15.1. The molecule has 2 aromatic heterocycles. The molecule has 2 aromatic rings. The highest BCUT2D eigenvalue weighted by molar-refractivity contribution is 5.82. The van der Waals surface area contributed by atoms with E-state index in [4.69, 9.17) is 5.73 Å². The predicted octanol–water partition coefficient (Wildman–Crippen LogP) is 0.323. The van der Waals surface area contributed by atoms with Crippen molar-refractivity contribution in [1.82, 2.24) is 14.6 Å². The maximum absolute atomic E-state index is 11.0. The van der Waals surface area contributed by atoms with Crippen LogP contribution in [-0.4, -0.2) is 26.5 Å². The lowest BCUT2D eigenvalue weighted by Gasteiger charge is -2.13. The smallest absolute Gasteiger partial charge is 0.239 e. The molecule has 16 heavy (non-hydrogen) atoms. The lowest BCUT2D eigenvalue weighted by Crippen LogP contribution is -2.33. The second-order valence-corrected chi connectivity index (χ2v) is 3.72. The number of carbonyl (C=O) groups is 1. The van der Waals surface area contributed by atoms with E-state index in [-0.39, 0.29) is 0 Å². The van der Waals surface area contributed by atoms with Gasteiger partial charge in [0.2, 0.25) is 5.91 Å². The fraction of sp³-hybridized carbons (Fsp3) is 0.300. The number of nitrogens with two attached hydrogens (primary N) is 1. The Balaban J connectivity index is 2.42. The van der Waals surface area contributed by atoms with Crippen molar-refractivity contribution in [2.45, 2.75) is 19.9 Å². The zero-order valence-corrected chi connectivity index (χ0v) is 9.14. The third kappa shape index (κ3) is 1.81. The predicted molar refractivity (Wildman–Crippen MR) is 60.0 cm³/mol. The number of pyridine rings is 1. The lowest BCUT2D eigenvalue weighted by molar-refractivity contribution is -0.118. The molecule has 0 saturated carbocycles. The van der Waals surface area contributed by atoms with Gasteiger partial charge in [0, 0.05) is 0 Å². The third-order valence-corrected chi connectivity index (χ3v) is 2.31. The Morgan fingerprint density at radius 3 is 3.00 bits per heavy atom. The second-order valence-electron chi connectivity index (χ2n) is 3.72. The van der Waals surface area contributed by atoms with E-state index in [2.05, 4.69) is 15.4 Å². The van der Waals surface area contributed by atoms with E-state index in [0.717, 1.165) is 11.2 Å². The highest BCUT2D eigenvalue weighted by Crippen LogP contribution is 2.13. The van der Waals surface area contributed by atoms with Gasteiger partial charge < -0.3 is 11.1 Å². The van der Waals surface area contributed by atoms with Crippen LogP contribution in [0, 0.1) is 6.92 Å². The quantitative estimate of drug-likeness (QED) is 0.778. The third-order valence-electron chi connectivity index (χ3n) is 2.31. The van der Waals surface area contributed by atoms with Gasteiger partial charge in [-0.1, -0.05) is 0 Å². The fourth-order valence-electron chi connectivity index (χ4n) is 1.45. The number of rotatable bonds is 3. The summed E-state index contributed by atoms with van der Waals surface area (Å²) < 4.78 is 1.63. The van der Waals surface area contributed by atoms with E-state index in [9.17, 15) is 4.79 Å². The van der Waals surface area contributed by atoms with Crippen LogP contribution in [0.2, 0.25) is 0 Å². The van der Waals surface area contributed by atoms with Gasteiger partial charge >= 0.3 is 0 Å². The number of hydrogen-bond acceptors (Lipinski definition) is 4. The standard InChI is InChI=1S/C10H13N5O/c1-6-3-8-12-5-13-15(8)9(4-6)14-7(2)10(11)16/h3-5,7,14H,1-2H3,(H2,11,16). The number of anilines is 1. The molecule has 0 aliphatic rings. The summed E-state index contributed by atoms with van der Waals surface area (Å²) in [6.45, 7) is 3.65. The minimum Gasteiger partial charge on any atom is -0.368 e. The van der Waals surface area contributed by atoms with Crippen LogP contribution in [0.25, 0.3) is 5.65 Å². The van der Waals surface area contributed by atoms with E-state index in [1.54, 1.807) is 11.4 Å². The van der Waals surface area contributed by atoms with E-state index in [1.807, 2.05) is 19.1 Å². The molecule has 0 aliphatic carbocycles. The lowest BCUT2D eigenvalue weighted by atomic mass is 10.2. The first-order valence-corrected chi connectivity index (χ1v) is 4.94. The SMILES string of the molecule is Cc1cc(NC(C)C(N)=O)n2ncnc2c1. The Bertz CT molecular complexity index is 533. The minimum absolute atomic E-state index is 0.408. The van der Waals surface area contributed by atoms with Gasteiger partial charge in [0.1, 0.15) is 18.2 Å². The van der Waals surface area contributed by atoms with Crippen LogP contribution in [-0.2, 0) is 4.79 Å². The van der Waals surface area contributed by atoms with Gasteiger partial charge in [-0.2, -0.15) is 9.61 Å². The van der Waals surface area contributed by atoms with Crippen molar-refractivity contribution in [2.24, 2.45) is 5.73 Å². The van der Waals surface area contributed by atoms with Crippen molar-refractivity contribution in [3.63, 3.8) is 0 Å². The Labute approximate surface area is 92.5 Å².